The highest BCUT2D eigenvalue weighted by atomic mass is 32.1. The molecule has 0 saturated carbocycles. The monoisotopic (exact) mass is 419 g/mol. The first-order chi connectivity index (χ1) is 14.6. The molecule has 2 aromatic heterocycles. The second kappa shape index (κ2) is 8.92. The van der Waals surface area contributed by atoms with Gasteiger partial charge >= 0.3 is 0 Å². The Morgan fingerprint density at radius 2 is 1.87 bits per heavy atom. The van der Waals surface area contributed by atoms with Crippen LogP contribution in [0.3, 0.4) is 0 Å². The summed E-state index contributed by atoms with van der Waals surface area (Å²) < 4.78 is 12.6. The number of carbonyl (C=O) groups excluding carboxylic acids is 1. The topological polar surface area (TPSA) is 73.3 Å². The predicted octanol–water partition coefficient (Wildman–Crippen LogP) is 5.23. The van der Waals surface area contributed by atoms with Gasteiger partial charge < -0.3 is 9.47 Å². The molecule has 2 aromatic carbocycles. The number of amides is 1. The van der Waals surface area contributed by atoms with Crippen molar-refractivity contribution in [3.8, 4) is 11.5 Å². The standard InChI is InChI=1S/C23H21N3O3S/c1-3-28-20-13-17(5-7-19(20)29-14-16-8-10-24-11-9-16)22(27)26-23-25-18-6-4-15(2)12-21(18)30-23/h4-13H,3,14H2,1-2H3,(H,25,26,27). The third kappa shape index (κ3) is 4.58. The van der Waals surface area contributed by atoms with E-state index in [1.807, 2.05) is 38.1 Å². The van der Waals surface area contributed by atoms with E-state index >= 15 is 0 Å². The van der Waals surface area contributed by atoms with Crippen molar-refractivity contribution in [2.24, 2.45) is 0 Å². The number of fused-ring (bicyclic) bond motifs is 1. The molecule has 30 heavy (non-hydrogen) atoms. The van der Waals surface area contributed by atoms with Crippen LogP contribution in [0.5, 0.6) is 11.5 Å². The van der Waals surface area contributed by atoms with E-state index in [9.17, 15) is 4.79 Å². The molecule has 1 amide bonds. The van der Waals surface area contributed by atoms with Crippen molar-refractivity contribution in [2.75, 3.05) is 11.9 Å². The number of thiazole rings is 1. The zero-order valence-corrected chi connectivity index (χ0v) is 17.5. The van der Waals surface area contributed by atoms with E-state index in [0.717, 1.165) is 21.3 Å². The smallest absolute Gasteiger partial charge is 0.257 e. The maximum absolute atomic E-state index is 12.8. The molecule has 4 rings (SSSR count). The first-order valence-corrected chi connectivity index (χ1v) is 10.4. The van der Waals surface area contributed by atoms with Gasteiger partial charge in [-0.3, -0.25) is 15.1 Å². The van der Waals surface area contributed by atoms with Crippen molar-refractivity contribution >= 4 is 32.6 Å². The maximum Gasteiger partial charge on any atom is 0.257 e. The molecule has 152 valence electrons. The molecule has 7 heteroatoms. The number of nitrogens with one attached hydrogen (secondary N) is 1. The highest BCUT2D eigenvalue weighted by molar-refractivity contribution is 7.22. The quantitative estimate of drug-likeness (QED) is 0.444. The van der Waals surface area contributed by atoms with Gasteiger partial charge in [0, 0.05) is 18.0 Å². The fourth-order valence-electron chi connectivity index (χ4n) is 2.93. The molecule has 0 saturated heterocycles. The number of anilines is 1. The van der Waals surface area contributed by atoms with E-state index in [2.05, 4.69) is 21.4 Å². The molecule has 4 aromatic rings. The Kier molecular flexibility index (Phi) is 5.90. The Balaban J connectivity index is 1.51. The zero-order valence-electron chi connectivity index (χ0n) is 16.7. The lowest BCUT2D eigenvalue weighted by Gasteiger charge is -2.13. The summed E-state index contributed by atoms with van der Waals surface area (Å²) in [5.41, 5.74) is 3.51. The Bertz CT molecular complexity index is 1180. The number of rotatable bonds is 7. The summed E-state index contributed by atoms with van der Waals surface area (Å²) >= 11 is 1.45. The third-order valence-corrected chi connectivity index (χ3v) is 5.35. The van der Waals surface area contributed by atoms with Crippen molar-refractivity contribution in [3.63, 3.8) is 0 Å². The average Bonchev–Trinajstić information content (AvgIpc) is 3.15. The van der Waals surface area contributed by atoms with Crippen LogP contribution in [0.25, 0.3) is 10.2 Å². The number of benzene rings is 2. The van der Waals surface area contributed by atoms with Crippen LogP contribution in [0.2, 0.25) is 0 Å². The third-order valence-electron chi connectivity index (χ3n) is 4.41. The van der Waals surface area contributed by atoms with E-state index in [4.69, 9.17) is 9.47 Å². The molecular weight excluding hydrogens is 398 g/mol. The Morgan fingerprint density at radius 1 is 1.03 bits per heavy atom. The lowest BCUT2D eigenvalue weighted by Crippen LogP contribution is -2.12. The van der Waals surface area contributed by atoms with Crippen LogP contribution in [-0.2, 0) is 6.61 Å². The van der Waals surface area contributed by atoms with E-state index in [1.165, 1.54) is 11.3 Å². The van der Waals surface area contributed by atoms with Gasteiger partial charge in [0.2, 0.25) is 0 Å². The molecule has 1 N–H and O–H groups in total. The maximum atomic E-state index is 12.8. The SMILES string of the molecule is CCOc1cc(C(=O)Nc2nc3ccc(C)cc3s2)ccc1OCc1ccncc1. The predicted molar refractivity (Wildman–Crippen MR) is 118 cm³/mol. The largest absolute Gasteiger partial charge is 0.490 e. The summed E-state index contributed by atoms with van der Waals surface area (Å²) in [5.74, 6) is 0.868. The summed E-state index contributed by atoms with van der Waals surface area (Å²) in [5, 5.41) is 3.45. The summed E-state index contributed by atoms with van der Waals surface area (Å²) in [6.45, 7) is 4.78. The number of aromatic nitrogens is 2. The lowest BCUT2D eigenvalue weighted by molar-refractivity contribution is 0.102. The molecule has 0 aliphatic heterocycles. The molecule has 0 fully saturated rings. The van der Waals surface area contributed by atoms with Crippen LogP contribution < -0.4 is 14.8 Å². The molecule has 0 bridgehead atoms. The molecule has 2 heterocycles. The molecule has 0 aliphatic rings. The fourth-order valence-corrected chi connectivity index (χ4v) is 3.89. The molecule has 0 radical (unpaired) electrons. The van der Waals surface area contributed by atoms with E-state index in [-0.39, 0.29) is 5.91 Å². The summed E-state index contributed by atoms with van der Waals surface area (Å²) in [7, 11) is 0. The van der Waals surface area contributed by atoms with Crippen molar-refractivity contribution < 1.29 is 14.3 Å². The fraction of sp³-hybridized carbons (Fsp3) is 0.174. The molecule has 0 atom stereocenters. The minimum absolute atomic E-state index is 0.243. The number of carbonyl (C=O) groups is 1. The zero-order chi connectivity index (χ0) is 20.9. The van der Waals surface area contributed by atoms with Crippen molar-refractivity contribution in [3.05, 3.63) is 77.6 Å². The Hall–Kier alpha value is -3.45. The van der Waals surface area contributed by atoms with Gasteiger partial charge in [0.25, 0.3) is 5.91 Å². The summed E-state index contributed by atoms with van der Waals surface area (Å²) in [4.78, 5) is 21.2. The number of ether oxygens (including phenoxy) is 2. The molecular formula is C23H21N3O3S. The molecule has 6 nitrogen and oxygen atoms in total. The van der Waals surface area contributed by atoms with Crippen LogP contribution in [0.1, 0.15) is 28.4 Å². The normalized spacial score (nSPS) is 10.7. The number of aryl methyl sites for hydroxylation is 1. The average molecular weight is 420 g/mol. The summed E-state index contributed by atoms with van der Waals surface area (Å²) in [6, 6.07) is 15.0. The first kappa shape index (κ1) is 19.8. The van der Waals surface area contributed by atoms with Crippen molar-refractivity contribution in [1.82, 2.24) is 9.97 Å². The van der Waals surface area contributed by atoms with E-state index < -0.39 is 0 Å². The number of hydrogen-bond donors (Lipinski definition) is 1. The summed E-state index contributed by atoms with van der Waals surface area (Å²) in [6.07, 6.45) is 3.44. The van der Waals surface area contributed by atoms with E-state index in [1.54, 1.807) is 30.6 Å². The van der Waals surface area contributed by atoms with Gasteiger partial charge in [-0.25, -0.2) is 4.98 Å². The highest BCUT2D eigenvalue weighted by Gasteiger charge is 2.14. The molecule has 0 unspecified atom stereocenters. The van der Waals surface area contributed by atoms with Gasteiger partial charge in [-0.15, -0.1) is 0 Å². The van der Waals surface area contributed by atoms with Crippen LogP contribution in [0.4, 0.5) is 5.13 Å². The second-order valence-corrected chi connectivity index (χ2v) is 7.71. The Labute approximate surface area is 178 Å². The van der Waals surface area contributed by atoms with Crippen LogP contribution in [-0.4, -0.2) is 22.5 Å². The number of nitrogens with zero attached hydrogens (tertiary/aromatic N) is 2. The van der Waals surface area contributed by atoms with Crippen LogP contribution in [0.15, 0.2) is 60.9 Å². The Morgan fingerprint density at radius 3 is 2.67 bits per heavy atom. The lowest BCUT2D eigenvalue weighted by atomic mass is 10.2. The minimum atomic E-state index is -0.243. The van der Waals surface area contributed by atoms with Crippen molar-refractivity contribution in [1.29, 1.82) is 0 Å². The highest BCUT2D eigenvalue weighted by Crippen LogP contribution is 2.31. The van der Waals surface area contributed by atoms with Gasteiger partial charge in [-0.2, -0.15) is 0 Å². The van der Waals surface area contributed by atoms with Gasteiger partial charge in [0.1, 0.15) is 6.61 Å². The molecule has 0 spiro atoms. The molecule has 0 aliphatic carbocycles. The van der Waals surface area contributed by atoms with Gasteiger partial charge in [0.15, 0.2) is 16.6 Å². The number of pyridine rings is 1. The number of hydrogen-bond acceptors (Lipinski definition) is 6. The van der Waals surface area contributed by atoms with Gasteiger partial charge in [-0.1, -0.05) is 17.4 Å². The van der Waals surface area contributed by atoms with Crippen LogP contribution >= 0.6 is 11.3 Å². The van der Waals surface area contributed by atoms with Gasteiger partial charge in [0.05, 0.1) is 16.8 Å². The van der Waals surface area contributed by atoms with Gasteiger partial charge in [-0.05, 0) is 67.4 Å². The van der Waals surface area contributed by atoms with E-state index in [0.29, 0.717) is 35.4 Å². The van der Waals surface area contributed by atoms with Crippen molar-refractivity contribution in [2.45, 2.75) is 20.5 Å². The minimum Gasteiger partial charge on any atom is -0.490 e. The second-order valence-electron chi connectivity index (χ2n) is 6.68. The first-order valence-electron chi connectivity index (χ1n) is 9.59. The van der Waals surface area contributed by atoms with Crippen LogP contribution in [0, 0.1) is 6.92 Å².